The van der Waals surface area contributed by atoms with Gasteiger partial charge in [0.15, 0.2) is 0 Å². The molecule has 0 spiro atoms. The minimum Gasteiger partial charge on any atom is -0.343 e. The summed E-state index contributed by atoms with van der Waals surface area (Å²) < 4.78 is 0. The van der Waals surface area contributed by atoms with Crippen molar-refractivity contribution in [3.63, 3.8) is 0 Å². The molecule has 1 fully saturated rings. The molecule has 1 amide bonds. The topological polar surface area (TPSA) is 20.3 Å². The molecule has 112 valence electrons. The zero-order valence-electron chi connectivity index (χ0n) is 13.0. The number of halogens is 1. The van der Waals surface area contributed by atoms with Gasteiger partial charge in [-0.3, -0.25) is 4.79 Å². The molecule has 1 saturated carbocycles. The van der Waals surface area contributed by atoms with Gasteiger partial charge in [-0.25, -0.2) is 0 Å². The molecule has 0 unspecified atom stereocenters. The molecule has 0 aromatic rings. The van der Waals surface area contributed by atoms with Crippen LogP contribution in [0.25, 0.3) is 0 Å². The third-order valence-corrected chi connectivity index (χ3v) is 5.12. The highest BCUT2D eigenvalue weighted by Gasteiger charge is 2.33. The van der Waals surface area contributed by atoms with Crippen LogP contribution in [0, 0.1) is 17.3 Å². The van der Waals surface area contributed by atoms with Crippen molar-refractivity contribution in [2.45, 2.75) is 59.8 Å². The van der Waals surface area contributed by atoms with Crippen molar-refractivity contribution in [3.8, 4) is 0 Å². The number of hydrogen-bond acceptors (Lipinski definition) is 1. The van der Waals surface area contributed by atoms with Gasteiger partial charge in [-0.15, -0.1) is 0 Å². The van der Waals surface area contributed by atoms with Crippen LogP contribution < -0.4 is 0 Å². The summed E-state index contributed by atoms with van der Waals surface area (Å²) in [6.07, 6.45) is 5.67. The Bertz CT molecular complexity index is 277. The molecule has 3 heteroatoms. The average molecular weight is 332 g/mol. The van der Waals surface area contributed by atoms with Crippen molar-refractivity contribution < 1.29 is 4.79 Å². The normalized spacial score (nSPS) is 24.3. The van der Waals surface area contributed by atoms with Crippen LogP contribution in [0.15, 0.2) is 0 Å². The van der Waals surface area contributed by atoms with Crippen molar-refractivity contribution >= 4 is 21.8 Å². The van der Waals surface area contributed by atoms with Gasteiger partial charge in [0, 0.05) is 24.3 Å². The highest BCUT2D eigenvalue weighted by atomic mass is 79.9. The largest absolute Gasteiger partial charge is 0.343 e. The van der Waals surface area contributed by atoms with Gasteiger partial charge >= 0.3 is 0 Å². The Hall–Kier alpha value is -0.0500. The summed E-state index contributed by atoms with van der Waals surface area (Å²) in [4.78, 5) is 14.5. The number of amides is 1. The van der Waals surface area contributed by atoms with Crippen LogP contribution in [0.5, 0.6) is 0 Å². The van der Waals surface area contributed by atoms with E-state index >= 15 is 0 Å². The van der Waals surface area contributed by atoms with Crippen LogP contribution in [0.1, 0.15) is 59.8 Å². The summed E-state index contributed by atoms with van der Waals surface area (Å²) >= 11 is 3.44. The second-order valence-electron chi connectivity index (χ2n) is 6.88. The Morgan fingerprint density at radius 2 is 1.79 bits per heavy atom. The summed E-state index contributed by atoms with van der Waals surface area (Å²) in [5.74, 6) is 1.47. The molecular weight excluding hydrogens is 302 g/mol. The molecule has 0 heterocycles. The number of nitrogens with zero attached hydrogens (tertiary/aromatic N) is 1. The second-order valence-corrected chi connectivity index (χ2v) is 7.67. The van der Waals surface area contributed by atoms with E-state index in [1.54, 1.807) is 0 Å². The van der Waals surface area contributed by atoms with Gasteiger partial charge < -0.3 is 4.90 Å². The lowest BCUT2D eigenvalue weighted by molar-refractivity contribution is -0.137. The SMILES string of the molecule is CCN(CCCBr)C(=O)C1CCC(C(C)(C)C)CC1. The maximum absolute atomic E-state index is 12.5. The van der Waals surface area contributed by atoms with E-state index in [-0.39, 0.29) is 5.92 Å². The van der Waals surface area contributed by atoms with Gasteiger partial charge in [0.25, 0.3) is 0 Å². The van der Waals surface area contributed by atoms with Gasteiger partial charge in [-0.05, 0) is 50.4 Å². The highest BCUT2D eigenvalue weighted by molar-refractivity contribution is 9.09. The van der Waals surface area contributed by atoms with Gasteiger partial charge in [0.1, 0.15) is 0 Å². The third kappa shape index (κ3) is 5.09. The van der Waals surface area contributed by atoms with Crippen LogP contribution in [0.4, 0.5) is 0 Å². The minimum absolute atomic E-state index is 0.286. The van der Waals surface area contributed by atoms with Gasteiger partial charge in [-0.2, -0.15) is 0 Å². The van der Waals surface area contributed by atoms with E-state index in [0.717, 1.165) is 43.6 Å². The lowest BCUT2D eigenvalue weighted by atomic mass is 9.69. The smallest absolute Gasteiger partial charge is 0.225 e. The zero-order chi connectivity index (χ0) is 14.5. The molecule has 0 aromatic heterocycles. The Morgan fingerprint density at radius 3 is 2.21 bits per heavy atom. The first kappa shape index (κ1) is 17.0. The van der Waals surface area contributed by atoms with Crippen LogP contribution in [0.3, 0.4) is 0 Å². The molecule has 0 bridgehead atoms. The van der Waals surface area contributed by atoms with E-state index < -0.39 is 0 Å². The minimum atomic E-state index is 0.286. The van der Waals surface area contributed by atoms with E-state index in [4.69, 9.17) is 0 Å². The van der Waals surface area contributed by atoms with Crippen LogP contribution in [-0.2, 0) is 4.79 Å². The molecule has 0 atom stereocenters. The van der Waals surface area contributed by atoms with Crippen molar-refractivity contribution in [2.24, 2.45) is 17.3 Å². The Kier molecular flexibility index (Phi) is 6.85. The predicted molar refractivity (Wildman–Crippen MR) is 85.6 cm³/mol. The Balaban J connectivity index is 2.47. The summed E-state index contributed by atoms with van der Waals surface area (Å²) in [5.41, 5.74) is 0.397. The quantitative estimate of drug-likeness (QED) is 0.680. The van der Waals surface area contributed by atoms with E-state index in [1.165, 1.54) is 12.8 Å². The van der Waals surface area contributed by atoms with Crippen molar-refractivity contribution in [3.05, 3.63) is 0 Å². The maximum Gasteiger partial charge on any atom is 0.225 e. The zero-order valence-corrected chi connectivity index (χ0v) is 14.6. The molecular formula is C16H30BrNO. The highest BCUT2D eigenvalue weighted by Crippen LogP contribution is 2.40. The fourth-order valence-corrected chi connectivity index (χ4v) is 3.39. The molecule has 0 radical (unpaired) electrons. The van der Waals surface area contributed by atoms with E-state index in [1.807, 2.05) is 4.90 Å². The molecule has 0 saturated heterocycles. The second kappa shape index (κ2) is 7.66. The number of carbonyl (C=O) groups is 1. The van der Waals surface area contributed by atoms with Gasteiger partial charge in [-0.1, -0.05) is 36.7 Å². The monoisotopic (exact) mass is 331 g/mol. The Labute approximate surface area is 127 Å². The summed E-state index contributed by atoms with van der Waals surface area (Å²) in [6, 6.07) is 0. The number of alkyl halides is 1. The fourth-order valence-electron chi connectivity index (χ4n) is 3.14. The first-order valence-corrected chi connectivity index (χ1v) is 8.87. The molecule has 0 N–H and O–H groups in total. The lowest BCUT2D eigenvalue weighted by Gasteiger charge is -2.37. The third-order valence-electron chi connectivity index (χ3n) is 4.56. The number of carbonyl (C=O) groups excluding carboxylic acids is 1. The molecule has 1 aliphatic carbocycles. The van der Waals surface area contributed by atoms with Crippen molar-refractivity contribution in [1.29, 1.82) is 0 Å². The van der Waals surface area contributed by atoms with Crippen molar-refractivity contribution in [2.75, 3.05) is 18.4 Å². The maximum atomic E-state index is 12.5. The average Bonchev–Trinajstić information content (AvgIpc) is 2.38. The molecule has 2 nitrogen and oxygen atoms in total. The fraction of sp³-hybridized carbons (Fsp3) is 0.938. The van der Waals surface area contributed by atoms with Crippen LogP contribution >= 0.6 is 15.9 Å². The van der Waals surface area contributed by atoms with Crippen LogP contribution in [0.2, 0.25) is 0 Å². The molecule has 19 heavy (non-hydrogen) atoms. The summed E-state index contributed by atoms with van der Waals surface area (Å²) in [5, 5.41) is 0.980. The number of hydrogen-bond donors (Lipinski definition) is 0. The molecule has 1 rings (SSSR count). The van der Waals surface area contributed by atoms with E-state index in [0.29, 0.717) is 11.3 Å². The summed E-state index contributed by atoms with van der Waals surface area (Å²) in [6.45, 7) is 10.8. The number of rotatable bonds is 5. The van der Waals surface area contributed by atoms with Crippen LogP contribution in [-0.4, -0.2) is 29.2 Å². The van der Waals surface area contributed by atoms with Gasteiger partial charge in [0.2, 0.25) is 5.91 Å². The van der Waals surface area contributed by atoms with Crippen molar-refractivity contribution in [1.82, 2.24) is 4.90 Å². The summed E-state index contributed by atoms with van der Waals surface area (Å²) in [7, 11) is 0. The molecule has 0 aliphatic heterocycles. The first-order valence-electron chi connectivity index (χ1n) is 7.74. The van der Waals surface area contributed by atoms with E-state index in [9.17, 15) is 4.79 Å². The van der Waals surface area contributed by atoms with Gasteiger partial charge in [0.05, 0.1) is 0 Å². The predicted octanol–water partition coefficient (Wildman–Crippen LogP) is 4.47. The Morgan fingerprint density at radius 1 is 1.21 bits per heavy atom. The van der Waals surface area contributed by atoms with E-state index in [2.05, 4.69) is 43.6 Å². The molecule has 0 aromatic carbocycles. The standard InChI is InChI=1S/C16H30BrNO/c1-5-18(12-6-11-17)15(19)13-7-9-14(10-8-13)16(2,3)4/h13-14H,5-12H2,1-4H3. The first-order chi connectivity index (χ1) is 8.90. The molecule has 1 aliphatic rings. The lowest BCUT2D eigenvalue weighted by Crippen LogP contribution is -2.39.